The summed E-state index contributed by atoms with van der Waals surface area (Å²) in [6.45, 7) is 1.73. The molecule has 1 aromatic heterocycles. The van der Waals surface area contributed by atoms with Gasteiger partial charge < -0.3 is 10.5 Å². The molecule has 1 unspecified atom stereocenters. The van der Waals surface area contributed by atoms with Crippen LogP contribution >= 0.6 is 0 Å². The maximum atomic E-state index is 14.0. The van der Waals surface area contributed by atoms with Gasteiger partial charge in [0.1, 0.15) is 17.1 Å². The third-order valence-electron chi connectivity index (χ3n) is 5.53. The molecule has 146 valence electrons. The Morgan fingerprint density at radius 3 is 2.63 bits per heavy atom. The summed E-state index contributed by atoms with van der Waals surface area (Å²) in [6, 6.07) is 17.4. The number of carbonyl (C=O) groups excluding carboxylic acids is 2. The summed E-state index contributed by atoms with van der Waals surface area (Å²) in [4.78, 5) is 28.5. The highest BCUT2D eigenvalue weighted by molar-refractivity contribution is 6.29. The zero-order valence-corrected chi connectivity index (χ0v) is 15.8. The molecule has 1 atom stereocenters. The monoisotopic (exact) mass is 397 g/mol. The predicted octanol–water partition coefficient (Wildman–Crippen LogP) is 2.28. The topological polar surface area (TPSA) is 125 Å². The zero-order chi connectivity index (χ0) is 21.0. The molecule has 3 N–H and O–H groups in total. The van der Waals surface area contributed by atoms with Gasteiger partial charge in [-0.25, -0.2) is 4.90 Å². The van der Waals surface area contributed by atoms with Crippen molar-refractivity contribution in [3.8, 4) is 11.9 Å². The van der Waals surface area contributed by atoms with E-state index < -0.39 is 17.2 Å². The SMILES string of the molecule is Cc1[nH]nc2c1C1(C(=O)N(C(=O)c3ccccc3)c3ccccc31)C(C#N)=C(N)O2. The van der Waals surface area contributed by atoms with Crippen molar-refractivity contribution in [2.75, 3.05) is 4.90 Å². The Bertz CT molecular complexity index is 1300. The highest BCUT2D eigenvalue weighted by Gasteiger charge is 2.61. The molecule has 1 spiro atoms. The van der Waals surface area contributed by atoms with Crippen molar-refractivity contribution in [3.05, 3.63) is 88.4 Å². The Morgan fingerprint density at radius 1 is 1.20 bits per heavy atom. The van der Waals surface area contributed by atoms with Gasteiger partial charge in [-0.2, -0.15) is 5.26 Å². The number of carbonyl (C=O) groups is 2. The van der Waals surface area contributed by atoms with Crippen molar-refractivity contribution in [1.82, 2.24) is 10.2 Å². The number of aryl methyl sites for hydroxylation is 1. The van der Waals surface area contributed by atoms with E-state index in [1.54, 1.807) is 61.5 Å². The number of nitriles is 1. The second kappa shape index (κ2) is 6.06. The number of hydrogen-bond donors (Lipinski definition) is 2. The Morgan fingerprint density at radius 2 is 1.90 bits per heavy atom. The summed E-state index contributed by atoms with van der Waals surface area (Å²) in [5.41, 5.74) is 6.51. The van der Waals surface area contributed by atoms with Crippen LogP contribution in [0.1, 0.15) is 27.2 Å². The van der Waals surface area contributed by atoms with E-state index in [4.69, 9.17) is 10.5 Å². The molecule has 2 aromatic carbocycles. The van der Waals surface area contributed by atoms with E-state index in [1.807, 2.05) is 6.07 Å². The van der Waals surface area contributed by atoms with Crippen LogP contribution in [0.2, 0.25) is 0 Å². The van der Waals surface area contributed by atoms with E-state index in [0.717, 1.165) is 4.90 Å². The summed E-state index contributed by atoms with van der Waals surface area (Å²) >= 11 is 0. The number of rotatable bonds is 1. The number of hydrogen-bond acceptors (Lipinski definition) is 6. The lowest BCUT2D eigenvalue weighted by molar-refractivity contribution is -0.120. The number of fused-ring (bicyclic) bond motifs is 4. The van der Waals surface area contributed by atoms with Gasteiger partial charge >= 0.3 is 0 Å². The lowest BCUT2D eigenvalue weighted by Gasteiger charge is -2.32. The first-order chi connectivity index (χ1) is 14.5. The van der Waals surface area contributed by atoms with Crippen molar-refractivity contribution in [3.63, 3.8) is 0 Å². The summed E-state index contributed by atoms with van der Waals surface area (Å²) in [5.74, 6) is -1.18. The number of nitrogens with two attached hydrogens (primary N) is 1. The highest BCUT2D eigenvalue weighted by atomic mass is 16.5. The Kier molecular flexibility index (Phi) is 3.57. The first-order valence-electron chi connectivity index (χ1n) is 9.18. The molecule has 8 heteroatoms. The van der Waals surface area contributed by atoms with Gasteiger partial charge in [0.05, 0.1) is 11.3 Å². The maximum absolute atomic E-state index is 14.0. The van der Waals surface area contributed by atoms with Crippen LogP contribution in [-0.4, -0.2) is 22.0 Å². The van der Waals surface area contributed by atoms with Crippen molar-refractivity contribution in [1.29, 1.82) is 5.26 Å². The number of H-pyrrole nitrogens is 1. The molecule has 0 bridgehead atoms. The molecule has 2 amide bonds. The summed E-state index contributed by atoms with van der Waals surface area (Å²) < 4.78 is 5.52. The number of para-hydroxylation sites is 1. The van der Waals surface area contributed by atoms with E-state index in [1.165, 1.54) is 0 Å². The molecule has 0 saturated heterocycles. The van der Waals surface area contributed by atoms with Crippen molar-refractivity contribution < 1.29 is 14.3 Å². The molecule has 0 radical (unpaired) electrons. The van der Waals surface area contributed by atoms with Gasteiger partial charge in [-0.05, 0) is 25.1 Å². The quantitative estimate of drug-likeness (QED) is 0.607. The second-order valence-corrected chi connectivity index (χ2v) is 7.06. The van der Waals surface area contributed by atoms with Crippen molar-refractivity contribution >= 4 is 17.5 Å². The fourth-order valence-corrected chi connectivity index (χ4v) is 4.30. The third-order valence-corrected chi connectivity index (χ3v) is 5.53. The van der Waals surface area contributed by atoms with Crippen molar-refractivity contribution in [2.45, 2.75) is 12.3 Å². The number of ether oxygens (including phenoxy) is 1. The molecule has 2 aliphatic heterocycles. The normalized spacial score (nSPS) is 19.3. The molecular formula is C22H15N5O3. The van der Waals surface area contributed by atoms with Crippen LogP contribution in [0, 0.1) is 18.3 Å². The minimum atomic E-state index is -1.62. The number of nitrogens with one attached hydrogen (secondary N) is 1. The number of nitrogens with zero attached hydrogens (tertiary/aromatic N) is 3. The maximum Gasteiger partial charge on any atom is 0.265 e. The van der Waals surface area contributed by atoms with E-state index >= 15 is 0 Å². The highest BCUT2D eigenvalue weighted by Crippen LogP contribution is 2.55. The van der Waals surface area contributed by atoms with E-state index in [9.17, 15) is 14.9 Å². The predicted molar refractivity (Wildman–Crippen MR) is 106 cm³/mol. The van der Waals surface area contributed by atoms with Crippen LogP contribution < -0.4 is 15.4 Å². The number of aromatic nitrogens is 2. The standard InChI is InChI=1S/C22H15N5O3/c1-12-17-19(26-25-12)30-18(24)15(11-23)22(17)14-9-5-6-10-16(14)27(21(22)29)20(28)13-7-3-2-4-8-13/h2-10H,24H2,1H3,(H,25,26). The first-order valence-corrected chi connectivity index (χ1v) is 9.18. The summed E-state index contributed by atoms with van der Waals surface area (Å²) in [6.07, 6.45) is 0. The van der Waals surface area contributed by atoms with Gasteiger partial charge in [0.25, 0.3) is 11.8 Å². The third kappa shape index (κ3) is 2.01. The summed E-state index contributed by atoms with van der Waals surface area (Å²) in [7, 11) is 0. The van der Waals surface area contributed by atoms with Crippen LogP contribution in [0.5, 0.6) is 5.88 Å². The van der Waals surface area contributed by atoms with E-state index in [0.29, 0.717) is 28.1 Å². The molecule has 30 heavy (non-hydrogen) atoms. The molecule has 0 aliphatic carbocycles. The zero-order valence-electron chi connectivity index (χ0n) is 15.8. The fraction of sp³-hybridized carbons (Fsp3) is 0.0909. The number of benzene rings is 2. The average Bonchev–Trinajstić information content (AvgIpc) is 3.25. The molecular weight excluding hydrogens is 382 g/mol. The lowest BCUT2D eigenvalue weighted by Crippen LogP contribution is -2.47. The molecule has 2 aliphatic rings. The van der Waals surface area contributed by atoms with Crippen LogP contribution in [0.4, 0.5) is 5.69 Å². The Balaban J connectivity index is 1.85. The number of aromatic amines is 1. The fourth-order valence-electron chi connectivity index (χ4n) is 4.30. The van der Waals surface area contributed by atoms with E-state index in [2.05, 4.69) is 10.2 Å². The first kappa shape index (κ1) is 17.7. The number of imide groups is 1. The van der Waals surface area contributed by atoms with Gasteiger partial charge in [-0.15, -0.1) is 5.10 Å². The molecule has 3 heterocycles. The van der Waals surface area contributed by atoms with Gasteiger partial charge in [0.15, 0.2) is 0 Å². The number of anilines is 1. The largest absolute Gasteiger partial charge is 0.420 e. The Hall–Kier alpha value is -4.38. The minimum absolute atomic E-state index is 0.0692. The second-order valence-electron chi connectivity index (χ2n) is 7.06. The molecule has 3 aromatic rings. The lowest BCUT2D eigenvalue weighted by atomic mass is 9.69. The summed E-state index contributed by atoms with van der Waals surface area (Å²) in [5, 5.41) is 16.9. The molecule has 0 fully saturated rings. The van der Waals surface area contributed by atoms with E-state index in [-0.39, 0.29) is 17.3 Å². The van der Waals surface area contributed by atoms with Crippen LogP contribution in [0.15, 0.2) is 66.1 Å². The molecule has 0 saturated carbocycles. The molecule has 8 nitrogen and oxygen atoms in total. The van der Waals surface area contributed by atoms with Gasteiger partial charge in [0.2, 0.25) is 11.8 Å². The van der Waals surface area contributed by atoms with Gasteiger partial charge in [-0.1, -0.05) is 36.4 Å². The smallest absolute Gasteiger partial charge is 0.265 e. The molecule has 5 rings (SSSR count). The van der Waals surface area contributed by atoms with Crippen LogP contribution in [0.3, 0.4) is 0 Å². The van der Waals surface area contributed by atoms with Gasteiger partial charge in [-0.3, -0.25) is 14.7 Å². The van der Waals surface area contributed by atoms with Crippen LogP contribution in [-0.2, 0) is 10.2 Å². The van der Waals surface area contributed by atoms with Crippen molar-refractivity contribution in [2.24, 2.45) is 5.73 Å². The number of amides is 2. The van der Waals surface area contributed by atoms with Gasteiger partial charge in [0, 0.05) is 16.8 Å². The van der Waals surface area contributed by atoms with Crippen LogP contribution in [0.25, 0.3) is 0 Å². The average molecular weight is 397 g/mol. The Labute approximate surface area is 171 Å². The minimum Gasteiger partial charge on any atom is -0.420 e.